The average Bonchev–Trinajstić information content (AvgIpc) is 2.57. The molecule has 3 rings (SSSR count). The molecule has 0 fully saturated rings. The zero-order valence-electron chi connectivity index (χ0n) is 7.33. The van der Waals surface area contributed by atoms with Crippen LogP contribution in [0.15, 0.2) is 18.6 Å². The van der Waals surface area contributed by atoms with Gasteiger partial charge in [-0.25, -0.2) is 15.0 Å². The van der Waals surface area contributed by atoms with E-state index in [-0.39, 0.29) is 0 Å². The molecule has 0 amide bonds. The van der Waals surface area contributed by atoms with Gasteiger partial charge >= 0.3 is 0 Å². The quantitative estimate of drug-likeness (QED) is 0.484. The number of halogens is 2. The Bertz CT molecular complexity index is 662. The molecule has 0 saturated carbocycles. The molecule has 3 heterocycles. The van der Waals surface area contributed by atoms with Gasteiger partial charge in [-0.2, -0.15) is 0 Å². The van der Waals surface area contributed by atoms with E-state index in [0.29, 0.717) is 16.0 Å². The standard InChI is InChI=1S/C9H4Cl2N4/c10-6-1-4-5(2-12-6)15-9-7(4)8(11)13-3-14-9/h1-3H,(H,13,14,15). The molecule has 0 bridgehead atoms. The minimum absolute atomic E-state index is 0.411. The van der Waals surface area contributed by atoms with Crippen LogP contribution in [0.3, 0.4) is 0 Å². The molecular formula is C9H4Cl2N4. The summed E-state index contributed by atoms with van der Waals surface area (Å²) in [5.41, 5.74) is 1.53. The molecule has 1 N–H and O–H groups in total. The van der Waals surface area contributed by atoms with E-state index in [1.807, 2.05) is 0 Å². The van der Waals surface area contributed by atoms with Crippen LogP contribution in [0.1, 0.15) is 0 Å². The van der Waals surface area contributed by atoms with E-state index in [1.54, 1.807) is 12.3 Å². The monoisotopic (exact) mass is 238 g/mol. The molecule has 0 unspecified atom stereocenters. The molecule has 0 saturated heterocycles. The van der Waals surface area contributed by atoms with Crippen LogP contribution in [0.5, 0.6) is 0 Å². The van der Waals surface area contributed by atoms with Crippen LogP contribution in [0.2, 0.25) is 10.3 Å². The van der Waals surface area contributed by atoms with Crippen molar-refractivity contribution in [3.05, 3.63) is 28.9 Å². The number of nitrogens with zero attached hydrogens (tertiary/aromatic N) is 3. The van der Waals surface area contributed by atoms with Crippen molar-refractivity contribution in [3.8, 4) is 0 Å². The number of rotatable bonds is 0. The molecule has 0 aliphatic heterocycles. The molecule has 3 aromatic rings. The first-order valence-corrected chi connectivity index (χ1v) is 4.95. The second kappa shape index (κ2) is 3.05. The zero-order valence-corrected chi connectivity index (χ0v) is 8.84. The number of aromatic nitrogens is 4. The zero-order chi connectivity index (χ0) is 10.4. The Hall–Kier alpha value is -1.39. The summed E-state index contributed by atoms with van der Waals surface area (Å²) in [6.45, 7) is 0. The van der Waals surface area contributed by atoms with Crippen LogP contribution < -0.4 is 0 Å². The smallest absolute Gasteiger partial charge is 0.143 e. The van der Waals surface area contributed by atoms with Gasteiger partial charge in [0, 0.05) is 5.39 Å². The molecular weight excluding hydrogens is 235 g/mol. The molecule has 6 heteroatoms. The predicted octanol–water partition coefficient (Wildman–Crippen LogP) is 2.81. The maximum absolute atomic E-state index is 6.00. The van der Waals surface area contributed by atoms with Crippen molar-refractivity contribution in [3.63, 3.8) is 0 Å². The first-order valence-electron chi connectivity index (χ1n) is 4.19. The highest BCUT2D eigenvalue weighted by molar-refractivity contribution is 6.37. The normalized spacial score (nSPS) is 11.3. The van der Waals surface area contributed by atoms with Crippen LogP contribution in [-0.4, -0.2) is 19.9 Å². The predicted molar refractivity (Wildman–Crippen MR) is 59.2 cm³/mol. The minimum atomic E-state index is 0.411. The maximum atomic E-state index is 6.00. The average molecular weight is 239 g/mol. The second-order valence-corrected chi connectivity index (χ2v) is 3.81. The molecule has 15 heavy (non-hydrogen) atoms. The largest absolute Gasteiger partial charge is 0.338 e. The van der Waals surface area contributed by atoms with Gasteiger partial charge in [-0.3, -0.25) is 0 Å². The SMILES string of the molecule is Clc1cc2c(cn1)[nH]c1ncnc(Cl)c12. The van der Waals surface area contributed by atoms with Crippen molar-refractivity contribution < 1.29 is 0 Å². The lowest BCUT2D eigenvalue weighted by Gasteiger charge is -1.92. The van der Waals surface area contributed by atoms with Crippen molar-refractivity contribution in [2.24, 2.45) is 0 Å². The summed E-state index contributed by atoms with van der Waals surface area (Å²) in [7, 11) is 0. The van der Waals surface area contributed by atoms with Crippen molar-refractivity contribution in [1.82, 2.24) is 19.9 Å². The third-order valence-electron chi connectivity index (χ3n) is 2.19. The Labute approximate surface area is 94.3 Å². The van der Waals surface area contributed by atoms with Gasteiger partial charge in [0.1, 0.15) is 22.3 Å². The lowest BCUT2D eigenvalue weighted by Crippen LogP contribution is -1.80. The molecule has 0 spiro atoms. The van der Waals surface area contributed by atoms with Crippen molar-refractivity contribution in [2.45, 2.75) is 0 Å². The Balaban J connectivity index is 2.61. The Kier molecular flexibility index (Phi) is 1.81. The summed E-state index contributed by atoms with van der Waals surface area (Å²) >= 11 is 11.8. The summed E-state index contributed by atoms with van der Waals surface area (Å²) < 4.78 is 0. The van der Waals surface area contributed by atoms with Crippen LogP contribution >= 0.6 is 23.2 Å². The van der Waals surface area contributed by atoms with Crippen LogP contribution in [0, 0.1) is 0 Å². The molecule has 0 aromatic carbocycles. The van der Waals surface area contributed by atoms with E-state index in [0.717, 1.165) is 16.3 Å². The highest BCUT2D eigenvalue weighted by Gasteiger charge is 2.09. The fourth-order valence-electron chi connectivity index (χ4n) is 1.56. The van der Waals surface area contributed by atoms with E-state index in [4.69, 9.17) is 23.2 Å². The first-order chi connectivity index (χ1) is 7.25. The Morgan fingerprint density at radius 3 is 2.87 bits per heavy atom. The van der Waals surface area contributed by atoms with Gasteiger partial charge in [-0.1, -0.05) is 23.2 Å². The number of H-pyrrole nitrogens is 1. The van der Waals surface area contributed by atoms with Gasteiger partial charge < -0.3 is 4.98 Å². The van der Waals surface area contributed by atoms with Crippen LogP contribution in [0.25, 0.3) is 21.9 Å². The highest BCUT2D eigenvalue weighted by atomic mass is 35.5. The number of nitrogens with one attached hydrogen (secondary N) is 1. The number of pyridine rings is 1. The molecule has 0 radical (unpaired) electrons. The fourth-order valence-corrected chi connectivity index (χ4v) is 1.95. The summed E-state index contributed by atoms with van der Waals surface area (Å²) in [5.74, 6) is 0. The molecule has 3 aromatic heterocycles. The van der Waals surface area contributed by atoms with Gasteiger partial charge in [0.15, 0.2) is 0 Å². The van der Waals surface area contributed by atoms with E-state index in [2.05, 4.69) is 19.9 Å². The summed E-state index contributed by atoms with van der Waals surface area (Å²) in [4.78, 5) is 15.1. The highest BCUT2D eigenvalue weighted by Crippen LogP contribution is 2.29. The van der Waals surface area contributed by atoms with E-state index >= 15 is 0 Å². The minimum Gasteiger partial charge on any atom is -0.338 e. The third-order valence-corrected chi connectivity index (χ3v) is 2.69. The van der Waals surface area contributed by atoms with E-state index < -0.39 is 0 Å². The van der Waals surface area contributed by atoms with Gasteiger partial charge in [-0.05, 0) is 6.07 Å². The maximum Gasteiger partial charge on any atom is 0.143 e. The summed E-state index contributed by atoms with van der Waals surface area (Å²) in [6, 6.07) is 1.74. The van der Waals surface area contributed by atoms with E-state index in [1.165, 1.54) is 6.33 Å². The van der Waals surface area contributed by atoms with Crippen molar-refractivity contribution in [1.29, 1.82) is 0 Å². The van der Waals surface area contributed by atoms with Gasteiger partial charge in [0.2, 0.25) is 0 Å². The van der Waals surface area contributed by atoms with Gasteiger partial charge in [0.25, 0.3) is 0 Å². The topological polar surface area (TPSA) is 54.5 Å². The Morgan fingerprint density at radius 1 is 1.13 bits per heavy atom. The van der Waals surface area contributed by atoms with E-state index in [9.17, 15) is 0 Å². The number of hydrogen-bond acceptors (Lipinski definition) is 3. The third kappa shape index (κ3) is 1.26. The molecule has 4 nitrogen and oxygen atoms in total. The fraction of sp³-hybridized carbons (Fsp3) is 0. The lowest BCUT2D eigenvalue weighted by molar-refractivity contribution is 1.20. The second-order valence-electron chi connectivity index (χ2n) is 3.07. The summed E-state index contributed by atoms with van der Waals surface area (Å²) in [5, 5.41) is 2.49. The molecule has 0 aliphatic carbocycles. The Morgan fingerprint density at radius 2 is 2.00 bits per heavy atom. The first kappa shape index (κ1) is 8.88. The molecule has 0 aliphatic rings. The van der Waals surface area contributed by atoms with Crippen molar-refractivity contribution in [2.75, 3.05) is 0 Å². The number of hydrogen-bond donors (Lipinski definition) is 1. The van der Waals surface area contributed by atoms with Gasteiger partial charge in [-0.15, -0.1) is 0 Å². The van der Waals surface area contributed by atoms with Crippen LogP contribution in [-0.2, 0) is 0 Å². The lowest BCUT2D eigenvalue weighted by atomic mass is 10.2. The number of fused-ring (bicyclic) bond motifs is 3. The summed E-state index contributed by atoms with van der Waals surface area (Å²) in [6.07, 6.45) is 3.06. The van der Waals surface area contributed by atoms with Crippen molar-refractivity contribution >= 4 is 45.1 Å². The van der Waals surface area contributed by atoms with Gasteiger partial charge in [0.05, 0.1) is 17.1 Å². The molecule has 74 valence electrons. The molecule has 0 atom stereocenters. The number of aromatic amines is 1. The van der Waals surface area contributed by atoms with Crippen LogP contribution in [0.4, 0.5) is 0 Å².